The maximum absolute atomic E-state index is 13.4. The van der Waals surface area contributed by atoms with Crippen molar-refractivity contribution in [2.75, 3.05) is 0 Å². The van der Waals surface area contributed by atoms with Crippen LogP contribution in [0.5, 0.6) is 0 Å². The van der Waals surface area contributed by atoms with Gasteiger partial charge in [-0.05, 0) is 56.8 Å². The number of nitrogens with zero attached hydrogens (tertiary/aromatic N) is 1. The molecule has 2 aliphatic carbocycles. The number of hydrazine groups is 1. The van der Waals surface area contributed by atoms with E-state index < -0.39 is 11.3 Å². The summed E-state index contributed by atoms with van der Waals surface area (Å²) in [5, 5.41) is 1.03. The normalized spacial score (nSPS) is 37.6. The van der Waals surface area contributed by atoms with E-state index in [1.165, 1.54) is 0 Å². The zero-order valence-electron chi connectivity index (χ0n) is 17.4. The Morgan fingerprint density at radius 1 is 1.33 bits per heavy atom. The third-order valence-corrected chi connectivity index (χ3v) is 7.62. The van der Waals surface area contributed by atoms with Crippen LogP contribution in [0.25, 0.3) is 0 Å². The van der Waals surface area contributed by atoms with Gasteiger partial charge in [-0.1, -0.05) is 45.8 Å². The summed E-state index contributed by atoms with van der Waals surface area (Å²) in [6.45, 7) is 10.2. The lowest BCUT2D eigenvalue weighted by molar-refractivity contribution is -0.152. The molecule has 2 saturated carbocycles. The highest BCUT2D eigenvalue weighted by Gasteiger charge is 2.65. The molecule has 0 radical (unpaired) electrons. The predicted octanol–water partition coefficient (Wildman–Crippen LogP) is 3.85. The summed E-state index contributed by atoms with van der Waals surface area (Å²) in [5.41, 5.74) is 2.07. The molecule has 27 heavy (non-hydrogen) atoms. The summed E-state index contributed by atoms with van der Waals surface area (Å²) in [7, 11) is 0. The molecule has 0 spiro atoms. The highest BCUT2D eigenvalue weighted by Crippen LogP contribution is 2.64. The van der Waals surface area contributed by atoms with Crippen molar-refractivity contribution in [2.45, 2.75) is 73.1 Å². The molecule has 1 N–H and O–H groups in total. The Hall–Kier alpha value is -1.65. The van der Waals surface area contributed by atoms with E-state index >= 15 is 0 Å². The molecule has 150 valence electrons. The summed E-state index contributed by atoms with van der Waals surface area (Å²) in [5.74, 6) is -0.806. The van der Waals surface area contributed by atoms with Crippen LogP contribution in [0.2, 0.25) is 0 Å². The number of carbonyl (C=O) groups excluding carboxylic acids is 3. The number of rotatable bonds is 7. The molecule has 1 saturated heterocycles. The van der Waals surface area contributed by atoms with Crippen molar-refractivity contribution in [1.82, 2.24) is 10.4 Å². The number of carbonyl (C=O) groups is 3. The zero-order valence-corrected chi connectivity index (χ0v) is 17.4. The number of amides is 3. The number of allylic oxidation sites excluding steroid dienone is 2. The van der Waals surface area contributed by atoms with Crippen molar-refractivity contribution < 1.29 is 14.4 Å². The van der Waals surface area contributed by atoms with E-state index in [-0.39, 0.29) is 35.0 Å². The van der Waals surface area contributed by atoms with Crippen molar-refractivity contribution >= 4 is 17.7 Å². The number of hydrogen-bond acceptors (Lipinski definition) is 3. The summed E-state index contributed by atoms with van der Waals surface area (Å²) < 4.78 is 0. The quantitative estimate of drug-likeness (QED) is 0.544. The van der Waals surface area contributed by atoms with Crippen LogP contribution in [-0.4, -0.2) is 22.7 Å². The second-order valence-corrected chi connectivity index (χ2v) is 9.35. The minimum atomic E-state index is -0.813. The summed E-state index contributed by atoms with van der Waals surface area (Å²) in [4.78, 5) is 38.6. The van der Waals surface area contributed by atoms with Crippen LogP contribution in [0.1, 0.15) is 73.1 Å². The van der Waals surface area contributed by atoms with Gasteiger partial charge in [-0.15, -0.1) is 0 Å². The lowest BCUT2D eigenvalue weighted by Crippen LogP contribution is -2.51. The molecule has 5 nitrogen and oxygen atoms in total. The topological polar surface area (TPSA) is 66.5 Å². The highest BCUT2D eigenvalue weighted by molar-refractivity contribution is 6.08. The molecule has 3 unspecified atom stereocenters. The van der Waals surface area contributed by atoms with Crippen LogP contribution in [0.4, 0.5) is 0 Å². The van der Waals surface area contributed by atoms with Crippen LogP contribution in [0.15, 0.2) is 12.2 Å². The summed E-state index contributed by atoms with van der Waals surface area (Å²) >= 11 is 0. The molecule has 5 heteroatoms. The number of nitrogens with one attached hydrogen (secondary N) is 1. The van der Waals surface area contributed by atoms with Crippen LogP contribution in [0, 0.1) is 34.5 Å². The SMILES string of the molecule is C/C=C\C(C1CC1(C)CCC)[C@@]1(C)C(=O)N(NC(=O)C2CCC2)C(=O)[C@H]1C. The van der Waals surface area contributed by atoms with Gasteiger partial charge >= 0.3 is 0 Å². The molecule has 3 aliphatic rings. The molecule has 5 atom stereocenters. The minimum absolute atomic E-state index is 0.0103. The summed E-state index contributed by atoms with van der Waals surface area (Å²) in [6, 6.07) is 0. The van der Waals surface area contributed by atoms with E-state index in [1.807, 2.05) is 26.8 Å². The largest absolute Gasteiger partial charge is 0.273 e. The molecule has 0 aromatic heterocycles. The van der Waals surface area contributed by atoms with E-state index in [0.717, 1.165) is 43.5 Å². The van der Waals surface area contributed by atoms with Crippen molar-refractivity contribution in [3.05, 3.63) is 12.2 Å². The maximum Gasteiger partial charge on any atom is 0.255 e. The second-order valence-electron chi connectivity index (χ2n) is 9.35. The Morgan fingerprint density at radius 3 is 2.52 bits per heavy atom. The van der Waals surface area contributed by atoms with Gasteiger partial charge in [0, 0.05) is 5.92 Å². The minimum Gasteiger partial charge on any atom is -0.273 e. The third kappa shape index (κ3) is 3.13. The first-order valence-corrected chi connectivity index (χ1v) is 10.5. The van der Waals surface area contributed by atoms with E-state index in [2.05, 4.69) is 25.3 Å². The van der Waals surface area contributed by atoms with Gasteiger partial charge in [0.15, 0.2) is 0 Å². The standard InChI is InChI=1S/C22H34N2O3/c1-6-9-16(17-13-21(17,4)12-7-2)22(5)14(3)19(26)24(20(22)27)23-18(25)15-10-8-11-15/h6,9,14-17H,7-8,10-13H2,1-5H3,(H,23,25)/b9-6-/t14-,16?,17?,21?,22+/m1/s1. The molecule has 0 aromatic carbocycles. The Morgan fingerprint density at radius 2 is 2.00 bits per heavy atom. The van der Waals surface area contributed by atoms with Crippen LogP contribution >= 0.6 is 0 Å². The van der Waals surface area contributed by atoms with Crippen LogP contribution < -0.4 is 5.43 Å². The average molecular weight is 375 g/mol. The molecule has 3 rings (SSSR count). The Balaban J connectivity index is 1.84. The lowest BCUT2D eigenvalue weighted by atomic mass is 9.66. The number of hydrogen-bond donors (Lipinski definition) is 1. The Kier molecular flexibility index (Phi) is 5.26. The zero-order chi connectivity index (χ0) is 20.0. The fourth-order valence-corrected chi connectivity index (χ4v) is 5.21. The molecule has 1 aliphatic heterocycles. The predicted molar refractivity (Wildman–Crippen MR) is 104 cm³/mol. The van der Waals surface area contributed by atoms with Crippen molar-refractivity contribution in [3.63, 3.8) is 0 Å². The fraction of sp³-hybridized carbons (Fsp3) is 0.773. The Labute approximate surface area is 162 Å². The average Bonchev–Trinajstić information content (AvgIpc) is 3.20. The molecule has 3 fully saturated rings. The van der Waals surface area contributed by atoms with Crippen molar-refractivity contribution in [1.29, 1.82) is 0 Å². The van der Waals surface area contributed by atoms with Gasteiger partial charge < -0.3 is 0 Å². The van der Waals surface area contributed by atoms with Gasteiger partial charge in [0.05, 0.1) is 11.3 Å². The maximum atomic E-state index is 13.4. The highest BCUT2D eigenvalue weighted by atomic mass is 16.2. The second kappa shape index (κ2) is 7.06. The monoisotopic (exact) mass is 374 g/mol. The van der Waals surface area contributed by atoms with E-state index in [9.17, 15) is 14.4 Å². The first-order chi connectivity index (χ1) is 12.7. The van der Waals surface area contributed by atoms with Gasteiger partial charge in [0.25, 0.3) is 11.8 Å². The first kappa shape index (κ1) is 20.1. The first-order valence-electron chi connectivity index (χ1n) is 10.5. The molecule has 1 heterocycles. The molecular weight excluding hydrogens is 340 g/mol. The van der Waals surface area contributed by atoms with Gasteiger partial charge in [-0.25, -0.2) is 0 Å². The van der Waals surface area contributed by atoms with Gasteiger partial charge in [-0.2, -0.15) is 5.01 Å². The van der Waals surface area contributed by atoms with E-state index in [1.54, 1.807) is 0 Å². The lowest BCUT2D eigenvalue weighted by Gasteiger charge is -2.34. The van der Waals surface area contributed by atoms with Gasteiger partial charge in [-0.3, -0.25) is 19.8 Å². The Bertz CT molecular complexity index is 668. The molecule has 3 amide bonds. The summed E-state index contributed by atoms with van der Waals surface area (Å²) in [6.07, 6.45) is 10.2. The molecular formula is C22H34N2O3. The van der Waals surface area contributed by atoms with Crippen LogP contribution in [0.3, 0.4) is 0 Å². The van der Waals surface area contributed by atoms with E-state index in [4.69, 9.17) is 0 Å². The van der Waals surface area contributed by atoms with Gasteiger partial charge in [0.1, 0.15) is 0 Å². The van der Waals surface area contributed by atoms with Gasteiger partial charge in [0.2, 0.25) is 5.91 Å². The molecule has 0 bridgehead atoms. The van der Waals surface area contributed by atoms with Crippen molar-refractivity contribution in [2.24, 2.45) is 34.5 Å². The van der Waals surface area contributed by atoms with Crippen LogP contribution in [-0.2, 0) is 14.4 Å². The third-order valence-electron chi connectivity index (χ3n) is 7.62. The van der Waals surface area contributed by atoms with Crippen molar-refractivity contribution in [3.8, 4) is 0 Å². The number of imide groups is 1. The fourth-order valence-electron chi connectivity index (χ4n) is 5.21. The van der Waals surface area contributed by atoms with E-state index in [0.29, 0.717) is 5.92 Å². The molecule has 0 aromatic rings. The smallest absolute Gasteiger partial charge is 0.255 e.